The van der Waals surface area contributed by atoms with Crippen LogP contribution >= 0.6 is 11.3 Å². The quantitative estimate of drug-likeness (QED) is 0.781. The van der Waals surface area contributed by atoms with Crippen molar-refractivity contribution in [3.8, 4) is 0 Å². The smallest absolute Gasteiger partial charge is 0.0896 e. The minimum absolute atomic E-state index is 0.0360. The third-order valence-electron chi connectivity index (χ3n) is 2.67. The number of aryl methyl sites for hydroxylation is 1. The van der Waals surface area contributed by atoms with Crippen LogP contribution in [0.1, 0.15) is 29.7 Å². The van der Waals surface area contributed by atoms with Gasteiger partial charge in [-0.15, -0.1) is 11.3 Å². The molecule has 1 aromatic heterocycles. The van der Waals surface area contributed by atoms with Gasteiger partial charge in [0.25, 0.3) is 0 Å². The van der Waals surface area contributed by atoms with Gasteiger partial charge in [0.05, 0.1) is 18.2 Å². The Bertz CT molecular complexity index is 295. The Morgan fingerprint density at radius 1 is 1.40 bits per heavy atom. The SMILES string of the molecule is CCCC(CO)(CO)Cc1cnc(C)s1. The zero-order valence-corrected chi connectivity index (χ0v) is 10.2. The molecule has 0 amide bonds. The van der Waals surface area contributed by atoms with E-state index in [1.165, 1.54) is 0 Å². The van der Waals surface area contributed by atoms with Gasteiger partial charge in [0, 0.05) is 16.5 Å². The van der Waals surface area contributed by atoms with Crippen molar-refractivity contribution in [1.29, 1.82) is 0 Å². The molecule has 0 aliphatic carbocycles. The van der Waals surface area contributed by atoms with Crippen molar-refractivity contribution in [2.75, 3.05) is 13.2 Å². The van der Waals surface area contributed by atoms with Crippen LogP contribution in [-0.2, 0) is 6.42 Å². The van der Waals surface area contributed by atoms with Gasteiger partial charge < -0.3 is 10.2 Å². The summed E-state index contributed by atoms with van der Waals surface area (Å²) in [5.41, 5.74) is -0.367. The summed E-state index contributed by atoms with van der Waals surface area (Å²) in [5.74, 6) is 0. The maximum absolute atomic E-state index is 9.40. The summed E-state index contributed by atoms with van der Waals surface area (Å²) in [6.07, 6.45) is 4.38. The van der Waals surface area contributed by atoms with E-state index >= 15 is 0 Å². The minimum Gasteiger partial charge on any atom is -0.396 e. The Hall–Kier alpha value is -0.450. The van der Waals surface area contributed by atoms with Crippen LogP contribution in [0, 0.1) is 12.3 Å². The minimum atomic E-state index is -0.367. The summed E-state index contributed by atoms with van der Waals surface area (Å²) in [6.45, 7) is 4.11. The van der Waals surface area contributed by atoms with Crippen LogP contribution in [0.2, 0.25) is 0 Å². The van der Waals surface area contributed by atoms with Crippen LogP contribution in [0.15, 0.2) is 6.20 Å². The number of rotatable bonds is 6. The van der Waals surface area contributed by atoms with Crippen LogP contribution in [0.3, 0.4) is 0 Å². The Morgan fingerprint density at radius 2 is 2.07 bits per heavy atom. The molecule has 2 N–H and O–H groups in total. The summed E-state index contributed by atoms with van der Waals surface area (Å²) >= 11 is 1.64. The zero-order chi connectivity index (χ0) is 11.3. The van der Waals surface area contributed by atoms with Crippen molar-refractivity contribution < 1.29 is 10.2 Å². The molecule has 1 heterocycles. The average Bonchev–Trinajstić information content (AvgIpc) is 2.63. The van der Waals surface area contributed by atoms with Crippen molar-refractivity contribution in [2.45, 2.75) is 33.1 Å². The summed E-state index contributed by atoms with van der Waals surface area (Å²) in [6, 6.07) is 0. The van der Waals surface area contributed by atoms with E-state index in [9.17, 15) is 10.2 Å². The van der Waals surface area contributed by atoms with E-state index in [0.29, 0.717) is 0 Å². The van der Waals surface area contributed by atoms with Gasteiger partial charge >= 0.3 is 0 Å². The van der Waals surface area contributed by atoms with E-state index in [4.69, 9.17) is 0 Å². The molecule has 0 fully saturated rings. The van der Waals surface area contributed by atoms with E-state index in [2.05, 4.69) is 11.9 Å². The number of aromatic nitrogens is 1. The maximum atomic E-state index is 9.40. The number of aliphatic hydroxyl groups excluding tert-OH is 2. The standard InChI is InChI=1S/C11H19NO2S/c1-3-4-11(7-13,8-14)5-10-6-12-9(2)15-10/h6,13-14H,3-5,7-8H2,1-2H3. The highest BCUT2D eigenvalue weighted by atomic mass is 32.1. The lowest BCUT2D eigenvalue weighted by Gasteiger charge is -2.28. The first kappa shape index (κ1) is 12.6. The van der Waals surface area contributed by atoms with Crippen molar-refractivity contribution in [3.05, 3.63) is 16.1 Å². The number of aliphatic hydroxyl groups is 2. The molecule has 0 radical (unpaired) electrons. The lowest BCUT2D eigenvalue weighted by atomic mass is 9.81. The van der Waals surface area contributed by atoms with Gasteiger partial charge in [-0.25, -0.2) is 4.98 Å². The van der Waals surface area contributed by atoms with Gasteiger partial charge in [0.15, 0.2) is 0 Å². The van der Waals surface area contributed by atoms with Crippen LogP contribution in [0.5, 0.6) is 0 Å². The van der Waals surface area contributed by atoms with Gasteiger partial charge in [0.1, 0.15) is 0 Å². The predicted molar refractivity (Wildman–Crippen MR) is 62.1 cm³/mol. The Morgan fingerprint density at radius 3 is 2.47 bits per heavy atom. The molecule has 4 heteroatoms. The molecule has 0 aliphatic rings. The molecule has 0 aliphatic heterocycles. The Kier molecular flexibility index (Phi) is 4.70. The molecule has 0 spiro atoms. The first-order valence-corrected chi connectivity index (χ1v) is 6.10. The fourth-order valence-corrected chi connectivity index (χ4v) is 2.76. The van der Waals surface area contributed by atoms with E-state index in [1.807, 2.05) is 13.1 Å². The summed E-state index contributed by atoms with van der Waals surface area (Å²) in [7, 11) is 0. The maximum Gasteiger partial charge on any atom is 0.0896 e. The molecule has 0 aromatic carbocycles. The lowest BCUT2D eigenvalue weighted by Crippen LogP contribution is -2.31. The number of hydrogen-bond donors (Lipinski definition) is 2. The monoisotopic (exact) mass is 229 g/mol. The highest BCUT2D eigenvalue weighted by molar-refractivity contribution is 7.11. The molecule has 1 rings (SSSR count). The Balaban J connectivity index is 2.73. The molecule has 0 saturated heterocycles. The normalized spacial score (nSPS) is 12.0. The van der Waals surface area contributed by atoms with Crippen LogP contribution in [0.4, 0.5) is 0 Å². The Labute approximate surface area is 94.8 Å². The van der Waals surface area contributed by atoms with Crippen LogP contribution < -0.4 is 0 Å². The molecule has 3 nitrogen and oxygen atoms in total. The second kappa shape index (κ2) is 5.58. The van der Waals surface area contributed by atoms with E-state index in [0.717, 1.165) is 29.1 Å². The fraction of sp³-hybridized carbons (Fsp3) is 0.727. The highest BCUT2D eigenvalue weighted by Gasteiger charge is 2.28. The molecule has 86 valence electrons. The average molecular weight is 229 g/mol. The van der Waals surface area contributed by atoms with Gasteiger partial charge in [-0.3, -0.25) is 0 Å². The van der Waals surface area contributed by atoms with Crippen molar-refractivity contribution in [3.63, 3.8) is 0 Å². The third kappa shape index (κ3) is 3.26. The number of nitrogens with zero attached hydrogens (tertiary/aromatic N) is 1. The third-order valence-corrected chi connectivity index (χ3v) is 3.58. The van der Waals surface area contributed by atoms with Gasteiger partial charge in [-0.05, 0) is 19.8 Å². The van der Waals surface area contributed by atoms with Gasteiger partial charge in [-0.2, -0.15) is 0 Å². The van der Waals surface area contributed by atoms with E-state index in [-0.39, 0.29) is 18.6 Å². The summed E-state index contributed by atoms with van der Waals surface area (Å²) < 4.78 is 0. The number of thiazole rings is 1. The number of hydrogen-bond acceptors (Lipinski definition) is 4. The molecule has 0 atom stereocenters. The second-order valence-corrected chi connectivity index (χ2v) is 5.41. The molecule has 1 aromatic rings. The van der Waals surface area contributed by atoms with Crippen molar-refractivity contribution in [2.24, 2.45) is 5.41 Å². The predicted octanol–water partition coefficient (Wildman–Crippen LogP) is 1.77. The lowest BCUT2D eigenvalue weighted by molar-refractivity contribution is 0.0472. The molecular weight excluding hydrogens is 210 g/mol. The summed E-state index contributed by atoms with van der Waals surface area (Å²) in [4.78, 5) is 5.33. The highest BCUT2D eigenvalue weighted by Crippen LogP contribution is 2.29. The van der Waals surface area contributed by atoms with Gasteiger partial charge in [-0.1, -0.05) is 13.3 Å². The van der Waals surface area contributed by atoms with Crippen molar-refractivity contribution in [1.82, 2.24) is 4.98 Å². The summed E-state index contributed by atoms with van der Waals surface area (Å²) in [5, 5.41) is 19.8. The molecule has 0 bridgehead atoms. The molecular formula is C11H19NO2S. The van der Waals surface area contributed by atoms with Crippen LogP contribution in [0.25, 0.3) is 0 Å². The first-order valence-electron chi connectivity index (χ1n) is 5.29. The van der Waals surface area contributed by atoms with Gasteiger partial charge in [0.2, 0.25) is 0 Å². The fourth-order valence-electron chi connectivity index (χ4n) is 1.80. The van der Waals surface area contributed by atoms with Crippen LogP contribution in [-0.4, -0.2) is 28.4 Å². The molecule has 0 saturated carbocycles. The molecule has 15 heavy (non-hydrogen) atoms. The molecule has 0 unspecified atom stereocenters. The second-order valence-electron chi connectivity index (χ2n) is 4.09. The first-order chi connectivity index (χ1) is 7.15. The largest absolute Gasteiger partial charge is 0.396 e. The van der Waals surface area contributed by atoms with E-state index < -0.39 is 0 Å². The topological polar surface area (TPSA) is 53.4 Å². The van der Waals surface area contributed by atoms with E-state index in [1.54, 1.807) is 11.3 Å². The van der Waals surface area contributed by atoms with Crippen molar-refractivity contribution >= 4 is 11.3 Å². The zero-order valence-electron chi connectivity index (χ0n) is 9.36.